The molecule has 5 nitrogen and oxygen atoms in total. The van der Waals surface area contributed by atoms with Gasteiger partial charge in [-0.2, -0.15) is 0 Å². The Balaban J connectivity index is 1.42. The molecule has 2 aliphatic heterocycles. The van der Waals surface area contributed by atoms with Crippen molar-refractivity contribution in [3.05, 3.63) is 46.2 Å². The SMILES string of the molecule is Cc1csc(CN2C[C@H](OCc3ccncc3)[C@H]3OCCC[C@H]32)n1. The Morgan fingerprint density at radius 2 is 2.25 bits per heavy atom. The summed E-state index contributed by atoms with van der Waals surface area (Å²) in [6, 6.07) is 4.46. The zero-order valence-corrected chi connectivity index (χ0v) is 14.7. The summed E-state index contributed by atoms with van der Waals surface area (Å²) < 4.78 is 12.3. The highest BCUT2D eigenvalue weighted by atomic mass is 32.1. The van der Waals surface area contributed by atoms with Crippen molar-refractivity contribution in [3.63, 3.8) is 0 Å². The zero-order chi connectivity index (χ0) is 16.4. The van der Waals surface area contributed by atoms with Gasteiger partial charge >= 0.3 is 0 Å². The van der Waals surface area contributed by atoms with Crippen molar-refractivity contribution in [2.45, 2.75) is 51.2 Å². The lowest BCUT2D eigenvalue weighted by Gasteiger charge is -2.32. The van der Waals surface area contributed by atoms with Crippen LogP contribution >= 0.6 is 11.3 Å². The van der Waals surface area contributed by atoms with Crippen LogP contribution in [0.5, 0.6) is 0 Å². The van der Waals surface area contributed by atoms with Gasteiger partial charge in [0.2, 0.25) is 0 Å². The second kappa shape index (κ2) is 7.27. The molecular weight excluding hydrogens is 322 g/mol. The molecule has 2 aliphatic rings. The van der Waals surface area contributed by atoms with Crippen LogP contribution in [0.4, 0.5) is 0 Å². The molecule has 2 fully saturated rings. The Morgan fingerprint density at radius 3 is 3.04 bits per heavy atom. The van der Waals surface area contributed by atoms with Gasteiger partial charge in [-0.1, -0.05) is 0 Å². The van der Waals surface area contributed by atoms with Crippen molar-refractivity contribution in [1.82, 2.24) is 14.9 Å². The number of fused-ring (bicyclic) bond motifs is 1. The summed E-state index contributed by atoms with van der Waals surface area (Å²) in [5, 5.41) is 3.31. The molecule has 24 heavy (non-hydrogen) atoms. The van der Waals surface area contributed by atoms with Crippen LogP contribution in [-0.4, -0.2) is 46.3 Å². The van der Waals surface area contributed by atoms with E-state index in [9.17, 15) is 0 Å². The van der Waals surface area contributed by atoms with E-state index in [0.29, 0.717) is 12.6 Å². The van der Waals surface area contributed by atoms with Crippen molar-refractivity contribution >= 4 is 11.3 Å². The summed E-state index contributed by atoms with van der Waals surface area (Å²) in [6.07, 6.45) is 6.25. The summed E-state index contributed by atoms with van der Waals surface area (Å²) >= 11 is 1.75. The predicted molar refractivity (Wildman–Crippen MR) is 92.8 cm³/mol. The van der Waals surface area contributed by atoms with E-state index in [-0.39, 0.29) is 12.2 Å². The number of aryl methyl sites for hydroxylation is 1. The Bertz CT molecular complexity index is 663. The Hall–Kier alpha value is -1.34. The topological polar surface area (TPSA) is 47.5 Å². The molecule has 0 aromatic carbocycles. The zero-order valence-electron chi connectivity index (χ0n) is 13.9. The largest absolute Gasteiger partial charge is 0.374 e. The van der Waals surface area contributed by atoms with E-state index in [4.69, 9.17) is 9.47 Å². The van der Waals surface area contributed by atoms with Crippen molar-refractivity contribution in [3.8, 4) is 0 Å². The van der Waals surface area contributed by atoms with Gasteiger partial charge in [0.05, 0.1) is 19.3 Å². The molecule has 6 heteroatoms. The van der Waals surface area contributed by atoms with Crippen LogP contribution in [0.3, 0.4) is 0 Å². The van der Waals surface area contributed by atoms with Gasteiger partial charge in [0.25, 0.3) is 0 Å². The first-order valence-corrected chi connectivity index (χ1v) is 9.45. The van der Waals surface area contributed by atoms with Crippen molar-refractivity contribution in [1.29, 1.82) is 0 Å². The smallest absolute Gasteiger partial charge is 0.107 e. The number of hydrogen-bond donors (Lipinski definition) is 0. The normalized spacial score (nSPS) is 27.3. The standard InChI is InChI=1S/C18H23N3O2S/c1-13-12-24-17(20-13)10-21-9-16(18-15(21)3-2-8-22-18)23-11-14-4-6-19-7-5-14/h4-7,12,15-16,18H,2-3,8-11H2,1H3/t15-,16+,18+/m1/s1. The van der Waals surface area contributed by atoms with Gasteiger partial charge in [-0.15, -0.1) is 11.3 Å². The Labute approximate surface area is 146 Å². The molecule has 0 aliphatic carbocycles. The van der Waals surface area contributed by atoms with Crippen molar-refractivity contribution < 1.29 is 9.47 Å². The van der Waals surface area contributed by atoms with Gasteiger partial charge in [0, 0.05) is 42.7 Å². The molecule has 0 unspecified atom stereocenters. The molecule has 2 aromatic rings. The third-order valence-corrected chi connectivity index (χ3v) is 5.75. The highest BCUT2D eigenvalue weighted by Crippen LogP contribution is 2.32. The maximum Gasteiger partial charge on any atom is 0.107 e. The number of likely N-dealkylation sites (tertiary alicyclic amines) is 1. The minimum absolute atomic E-state index is 0.129. The first-order valence-electron chi connectivity index (χ1n) is 8.57. The van der Waals surface area contributed by atoms with Gasteiger partial charge < -0.3 is 9.47 Å². The lowest BCUT2D eigenvalue weighted by molar-refractivity contribution is -0.0819. The van der Waals surface area contributed by atoms with E-state index in [2.05, 4.69) is 27.2 Å². The van der Waals surface area contributed by atoms with Gasteiger partial charge in [-0.3, -0.25) is 9.88 Å². The van der Waals surface area contributed by atoms with E-state index in [1.165, 1.54) is 11.4 Å². The minimum Gasteiger partial charge on any atom is -0.374 e. The highest BCUT2D eigenvalue weighted by molar-refractivity contribution is 7.09. The third kappa shape index (κ3) is 3.52. The van der Waals surface area contributed by atoms with Crippen LogP contribution in [0, 0.1) is 6.92 Å². The molecule has 2 aromatic heterocycles. The molecule has 0 spiro atoms. The fourth-order valence-electron chi connectivity index (χ4n) is 3.66. The van der Waals surface area contributed by atoms with E-state index in [1.807, 2.05) is 24.5 Å². The van der Waals surface area contributed by atoms with Crippen LogP contribution in [-0.2, 0) is 22.6 Å². The molecular formula is C18H23N3O2S. The number of hydrogen-bond acceptors (Lipinski definition) is 6. The molecule has 0 N–H and O–H groups in total. The van der Waals surface area contributed by atoms with Crippen LogP contribution < -0.4 is 0 Å². The van der Waals surface area contributed by atoms with E-state index in [0.717, 1.165) is 37.4 Å². The molecule has 0 bridgehead atoms. The summed E-state index contributed by atoms with van der Waals surface area (Å²) in [5.74, 6) is 0. The third-order valence-electron chi connectivity index (χ3n) is 4.80. The molecule has 0 saturated carbocycles. The van der Waals surface area contributed by atoms with Crippen LogP contribution in [0.1, 0.15) is 29.1 Å². The lowest BCUT2D eigenvalue weighted by Crippen LogP contribution is -2.41. The Morgan fingerprint density at radius 1 is 1.38 bits per heavy atom. The summed E-state index contributed by atoms with van der Waals surface area (Å²) in [4.78, 5) is 11.2. The van der Waals surface area contributed by atoms with E-state index < -0.39 is 0 Å². The predicted octanol–water partition coefficient (Wildman–Crippen LogP) is 2.80. The molecule has 0 amide bonds. The quantitative estimate of drug-likeness (QED) is 0.834. The molecule has 4 heterocycles. The number of nitrogens with zero attached hydrogens (tertiary/aromatic N) is 3. The molecule has 3 atom stereocenters. The molecule has 0 radical (unpaired) electrons. The van der Waals surface area contributed by atoms with Crippen LogP contribution in [0.25, 0.3) is 0 Å². The second-order valence-electron chi connectivity index (χ2n) is 6.56. The average molecular weight is 345 g/mol. The number of aromatic nitrogens is 2. The van der Waals surface area contributed by atoms with Crippen LogP contribution in [0.2, 0.25) is 0 Å². The fraction of sp³-hybridized carbons (Fsp3) is 0.556. The van der Waals surface area contributed by atoms with Gasteiger partial charge in [0.1, 0.15) is 11.1 Å². The average Bonchev–Trinajstić information content (AvgIpc) is 3.18. The minimum atomic E-state index is 0.129. The summed E-state index contributed by atoms with van der Waals surface area (Å²) in [6.45, 7) is 5.33. The number of rotatable bonds is 5. The van der Waals surface area contributed by atoms with E-state index >= 15 is 0 Å². The van der Waals surface area contributed by atoms with Gasteiger partial charge in [-0.25, -0.2) is 4.98 Å². The van der Waals surface area contributed by atoms with Crippen LogP contribution in [0.15, 0.2) is 29.9 Å². The molecule has 4 rings (SSSR count). The highest BCUT2D eigenvalue weighted by Gasteiger charge is 2.44. The second-order valence-corrected chi connectivity index (χ2v) is 7.50. The lowest BCUT2D eigenvalue weighted by atomic mass is 10.0. The monoisotopic (exact) mass is 345 g/mol. The number of ether oxygens (including phenoxy) is 2. The fourth-order valence-corrected chi connectivity index (χ4v) is 4.46. The first kappa shape index (κ1) is 16.1. The van der Waals surface area contributed by atoms with Crippen molar-refractivity contribution in [2.75, 3.05) is 13.2 Å². The van der Waals surface area contributed by atoms with Crippen molar-refractivity contribution in [2.24, 2.45) is 0 Å². The number of pyridine rings is 1. The maximum absolute atomic E-state index is 6.22. The molecule has 2 saturated heterocycles. The maximum atomic E-state index is 6.22. The first-order chi connectivity index (χ1) is 11.8. The Kier molecular flexibility index (Phi) is 4.89. The molecule has 128 valence electrons. The van der Waals surface area contributed by atoms with E-state index in [1.54, 1.807) is 11.3 Å². The van der Waals surface area contributed by atoms with Gasteiger partial charge in [0.15, 0.2) is 0 Å². The summed E-state index contributed by atoms with van der Waals surface area (Å²) in [7, 11) is 0. The van der Waals surface area contributed by atoms with Gasteiger partial charge in [-0.05, 0) is 37.5 Å². The summed E-state index contributed by atoms with van der Waals surface area (Å²) in [5.41, 5.74) is 2.27. The number of thiazole rings is 1.